The number of piperidine rings is 1. The minimum atomic E-state index is 0. The van der Waals surface area contributed by atoms with E-state index in [0.717, 1.165) is 45.4 Å². The monoisotopic (exact) mass is 262 g/mol. The van der Waals surface area contributed by atoms with Gasteiger partial charge in [0, 0.05) is 19.7 Å². The third kappa shape index (κ3) is 3.83. The molecule has 1 unspecified atom stereocenters. The third-order valence-corrected chi connectivity index (χ3v) is 3.71. The molecule has 0 aromatic rings. The van der Waals surface area contributed by atoms with Crippen molar-refractivity contribution in [1.29, 1.82) is 0 Å². The number of hydrogen-bond acceptors (Lipinski definition) is 3. The van der Waals surface area contributed by atoms with Crippen LogP contribution in [0.15, 0.2) is 0 Å². The highest BCUT2D eigenvalue weighted by atomic mass is 35.5. The molecule has 4 nitrogen and oxygen atoms in total. The van der Waals surface area contributed by atoms with Gasteiger partial charge in [-0.15, -0.1) is 12.4 Å². The lowest BCUT2D eigenvalue weighted by atomic mass is 9.98. The predicted molar refractivity (Wildman–Crippen MR) is 69.5 cm³/mol. The fourth-order valence-corrected chi connectivity index (χ4v) is 2.60. The fourth-order valence-electron chi connectivity index (χ4n) is 2.60. The van der Waals surface area contributed by atoms with Gasteiger partial charge in [-0.3, -0.25) is 4.79 Å². The largest absolute Gasteiger partial charge is 0.381 e. The SMILES string of the molecule is CN(C(=O)C1CCCOC1)C1CCNCC1.Cl. The maximum absolute atomic E-state index is 12.2. The molecule has 2 rings (SSSR count). The Labute approximate surface area is 109 Å². The Kier molecular flexibility index (Phi) is 6.23. The second kappa shape index (κ2) is 7.19. The summed E-state index contributed by atoms with van der Waals surface area (Å²) in [6.07, 6.45) is 4.18. The van der Waals surface area contributed by atoms with Gasteiger partial charge in [-0.1, -0.05) is 0 Å². The molecule has 0 spiro atoms. The maximum Gasteiger partial charge on any atom is 0.228 e. The third-order valence-electron chi connectivity index (χ3n) is 3.71. The number of ether oxygens (including phenoxy) is 1. The molecule has 0 bridgehead atoms. The number of carbonyl (C=O) groups is 1. The van der Waals surface area contributed by atoms with Crippen LogP contribution in [0.3, 0.4) is 0 Å². The molecule has 5 heteroatoms. The van der Waals surface area contributed by atoms with E-state index in [2.05, 4.69) is 5.32 Å². The second-order valence-corrected chi connectivity index (χ2v) is 4.84. The van der Waals surface area contributed by atoms with E-state index in [0.29, 0.717) is 12.6 Å². The normalized spacial score (nSPS) is 26.1. The van der Waals surface area contributed by atoms with Crippen molar-refractivity contribution >= 4 is 18.3 Å². The quantitative estimate of drug-likeness (QED) is 0.809. The van der Waals surface area contributed by atoms with Gasteiger partial charge in [0.05, 0.1) is 12.5 Å². The van der Waals surface area contributed by atoms with E-state index in [1.54, 1.807) is 0 Å². The number of carbonyl (C=O) groups excluding carboxylic acids is 1. The second-order valence-electron chi connectivity index (χ2n) is 4.84. The molecule has 1 amide bonds. The molecule has 100 valence electrons. The van der Waals surface area contributed by atoms with Crippen LogP contribution in [0.4, 0.5) is 0 Å². The van der Waals surface area contributed by atoms with Crippen LogP contribution in [-0.4, -0.2) is 50.2 Å². The van der Waals surface area contributed by atoms with Gasteiger partial charge in [0.25, 0.3) is 0 Å². The highest BCUT2D eigenvalue weighted by Crippen LogP contribution is 2.19. The van der Waals surface area contributed by atoms with Crippen LogP contribution in [-0.2, 0) is 9.53 Å². The Hall–Kier alpha value is -0.320. The summed E-state index contributed by atoms with van der Waals surface area (Å²) in [6.45, 7) is 3.50. The summed E-state index contributed by atoms with van der Waals surface area (Å²) >= 11 is 0. The highest BCUT2D eigenvalue weighted by Gasteiger charge is 2.29. The first kappa shape index (κ1) is 14.7. The summed E-state index contributed by atoms with van der Waals surface area (Å²) in [5.41, 5.74) is 0. The summed E-state index contributed by atoms with van der Waals surface area (Å²) in [7, 11) is 1.95. The average molecular weight is 263 g/mol. The van der Waals surface area contributed by atoms with E-state index < -0.39 is 0 Å². The van der Waals surface area contributed by atoms with Crippen molar-refractivity contribution < 1.29 is 9.53 Å². The first-order valence-corrected chi connectivity index (χ1v) is 6.34. The average Bonchev–Trinajstić information content (AvgIpc) is 2.39. The lowest BCUT2D eigenvalue weighted by Crippen LogP contribution is -2.47. The van der Waals surface area contributed by atoms with Crippen LogP contribution in [0.25, 0.3) is 0 Å². The van der Waals surface area contributed by atoms with Crippen LogP contribution in [0.5, 0.6) is 0 Å². The Morgan fingerprint density at radius 1 is 1.29 bits per heavy atom. The topological polar surface area (TPSA) is 41.6 Å². The first-order chi connectivity index (χ1) is 7.79. The summed E-state index contributed by atoms with van der Waals surface area (Å²) in [5, 5.41) is 3.33. The molecule has 2 aliphatic rings. The van der Waals surface area contributed by atoms with Gasteiger partial charge in [-0.25, -0.2) is 0 Å². The smallest absolute Gasteiger partial charge is 0.228 e. The van der Waals surface area contributed by atoms with Gasteiger partial charge in [0.15, 0.2) is 0 Å². The summed E-state index contributed by atoms with van der Waals surface area (Å²) in [6, 6.07) is 0.427. The molecule has 2 saturated heterocycles. The van der Waals surface area contributed by atoms with E-state index in [9.17, 15) is 4.79 Å². The van der Waals surface area contributed by atoms with Crippen molar-refractivity contribution in [3.63, 3.8) is 0 Å². The molecule has 1 N–H and O–H groups in total. The van der Waals surface area contributed by atoms with E-state index >= 15 is 0 Å². The van der Waals surface area contributed by atoms with Crippen molar-refractivity contribution in [3.05, 3.63) is 0 Å². The number of amides is 1. The molecule has 1 atom stereocenters. The Balaban J connectivity index is 0.00000144. The zero-order valence-electron chi connectivity index (χ0n) is 10.5. The molecule has 2 fully saturated rings. The van der Waals surface area contributed by atoms with Crippen molar-refractivity contribution in [3.8, 4) is 0 Å². The molecule has 17 heavy (non-hydrogen) atoms. The Bertz CT molecular complexity index is 239. The molecule has 0 saturated carbocycles. The summed E-state index contributed by atoms with van der Waals surface area (Å²) in [5.74, 6) is 0.389. The number of hydrogen-bond donors (Lipinski definition) is 1. The fraction of sp³-hybridized carbons (Fsp3) is 0.917. The minimum absolute atomic E-state index is 0. The van der Waals surface area contributed by atoms with Crippen LogP contribution in [0.2, 0.25) is 0 Å². The summed E-state index contributed by atoms with van der Waals surface area (Å²) in [4.78, 5) is 14.2. The Morgan fingerprint density at radius 2 is 2.00 bits per heavy atom. The number of rotatable bonds is 2. The predicted octanol–water partition coefficient (Wildman–Crippen LogP) is 1.05. The van der Waals surface area contributed by atoms with E-state index in [1.807, 2.05) is 11.9 Å². The van der Waals surface area contributed by atoms with Crippen LogP contribution >= 0.6 is 12.4 Å². The van der Waals surface area contributed by atoms with Gasteiger partial charge in [-0.2, -0.15) is 0 Å². The van der Waals surface area contributed by atoms with Crippen molar-refractivity contribution in [1.82, 2.24) is 10.2 Å². The Morgan fingerprint density at radius 3 is 2.59 bits per heavy atom. The van der Waals surface area contributed by atoms with Crippen molar-refractivity contribution in [2.75, 3.05) is 33.4 Å². The van der Waals surface area contributed by atoms with Gasteiger partial charge in [0.1, 0.15) is 0 Å². The lowest BCUT2D eigenvalue weighted by molar-refractivity contribution is -0.141. The van der Waals surface area contributed by atoms with E-state index in [-0.39, 0.29) is 24.2 Å². The molecule has 2 heterocycles. The minimum Gasteiger partial charge on any atom is -0.381 e. The molecule has 0 aromatic carbocycles. The maximum atomic E-state index is 12.2. The molecule has 0 radical (unpaired) electrons. The molecular weight excluding hydrogens is 240 g/mol. The van der Waals surface area contributed by atoms with Gasteiger partial charge in [0.2, 0.25) is 5.91 Å². The van der Waals surface area contributed by atoms with Crippen molar-refractivity contribution in [2.24, 2.45) is 5.92 Å². The van der Waals surface area contributed by atoms with Crippen LogP contribution in [0, 0.1) is 5.92 Å². The zero-order valence-corrected chi connectivity index (χ0v) is 11.3. The van der Waals surface area contributed by atoms with E-state index in [1.165, 1.54) is 0 Å². The molecular formula is C12H23ClN2O2. The lowest BCUT2D eigenvalue weighted by Gasteiger charge is -2.34. The first-order valence-electron chi connectivity index (χ1n) is 6.34. The van der Waals surface area contributed by atoms with E-state index in [4.69, 9.17) is 4.74 Å². The molecule has 0 aromatic heterocycles. The number of nitrogens with one attached hydrogen (secondary N) is 1. The standard InChI is InChI=1S/C12H22N2O2.ClH/c1-14(11-4-6-13-7-5-11)12(15)10-3-2-8-16-9-10;/h10-11,13H,2-9H2,1H3;1H. The number of halogens is 1. The highest BCUT2D eigenvalue weighted by molar-refractivity contribution is 5.85. The van der Waals surface area contributed by atoms with Gasteiger partial charge >= 0.3 is 0 Å². The van der Waals surface area contributed by atoms with Crippen LogP contribution < -0.4 is 5.32 Å². The van der Waals surface area contributed by atoms with Crippen LogP contribution in [0.1, 0.15) is 25.7 Å². The molecule has 0 aliphatic carbocycles. The van der Waals surface area contributed by atoms with Gasteiger partial charge in [-0.05, 0) is 38.8 Å². The van der Waals surface area contributed by atoms with Gasteiger partial charge < -0.3 is 15.0 Å². The summed E-state index contributed by atoms with van der Waals surface area (Å²) < 4.78 is 5.38. The zero-order chi connectivity index (χ0) is 11.4. The molecule has 2 aliphatic heterocycles. The van der Waals surface area contributed by atoms with Crippen molar-refractivity contribution in [2.45, 2.75) is 31.7 Å². The number of nitrogens with zero attached hydrogens (tertiary/aromatic N) is 1.